The molecule has 2 rings (SSSR count). The highest BCUT2D eigenvalue weighted by atomic mass is 79.9. The van der Waals surface area contributed by atoms with E-state index in [1.807, 2.05) is 6.07 Å². The van der Waals surface area contributed by atoms with Gasteiger partial charge in [0.2, 0.25) is 0 Å². The second-order valence-corrected chi connectivity index (χ2v) is 9.03. The normalized spacial score (nSPS) is 11.3. The highest BCUT2D eigenvalue weighted by Gasteiger charge is 2.18. The summed E-state index contributed by atoms with van der Waals surface area (Å²) in [6, 6.07) is 8.09. The molecule has 5 heteroatoms. The van der Waals surface area contributed by atoms with Crippen LogP contribution in [-0.2, 0) is 0 Å². The second kappa shape index (κ2) is 7.28. The van der Waals surface area contributed by atoms with Gasteiger partial charge in [-0.25, -0.2) is 0 Å². The lowest BCUT2D eigenvalue weighted by Gasteiger charge is -2.19. The van der Waals surface area contributed by atoms with E-state index in [-0.39, 0.29) is 5.91 Å². The minimum Gasteiger partial charge on any atom is -0.321 e. The number of thiophene rings is 1. The Morgan fingerprint density at radius 2 is 1.64 bits per heavy atom. The van der Waals surface area contributed by atoms with Crippen LogP contribution in [0.1, 0.15) is 60.3 Å². The Labute approximate surface area is 152 Å². The van der Waals surface area contributed by atoms with Crippen molar-refractivity contribution in [2.75, 3.05) is 5.32 Å². The minimum atomic E-state index is -0.0635. The van der Waals surface area contributed by atoms with Crippen LogP contribution in [0.3, 0.4) is 0 Å². The Bertz CT molecular complexity index is 646. The van der Waals surface area contributed by atoms with Crippen molar-refractivity contribution in [1.82, 2.24) is 0 Å². The van der Waals surface area contributed by atoms with E-state index in [0.717, 1.165) is 13.9 Å². The molecule has 0 spiro atoms. The molecule has 0 unspecified atom stereocenters. The molecule has 1 heterocycles. The molecule has 1 amide bonds. The summed E-state index contributed by atoms with van der Waals surface area (Å²) >= 11 is 8.29. The van der Waals surface area contributed by atoms with Gasteiger partial charge in [-0.3, -0.25) is 4.79 Å². The van der Waals surface area contributed by atoms with Crippen LogP contribution in [0.5, 0.6) is 0 Å². The van der Waals surface area contributed by atoms with Crippen LogP contribution in [-0.4, -0.2) is 5.91 Å². The molecule has 0 saturated carbocycles. The molecule has 118 valence electrons. The first-order valence-corrected chi connectivity index (χ1v) is 9.60. The van der Waals surface area contributed by atoms with Crippen LogP contribution < -0.4 is 5.32 Å². The molecule has 0 aliphatic heterocycles. The van der Waals surface area contributed by atoms with E-state index in [4.69, 9.17) is 0 Å². The zero-order valence-electron chi connectivity index (χ0n) is 13.0. The van der Waals surface area contributed by atoms with E-state index in [0.29, 0.717) is 16.7 Å². The van der Waals surface area contributed by atoms with Gasteiger partial charge < -0.3 is 5.32 Å². The quantitative estimate of drug-likeness (QED) is 0.553. The standard InChI is InChI=1S/C17H19Br2NOS/c1-9(2)11-6-5-7-12(10(3)4)15(11)20-17(21)14-8-13(18)16(19)22-14/h5-10H,1-4H3,(H,20,21). The molecule has 0 aliphatic carbocycles. The number of hydrogen-bond acceptors (Lipinski definition) is 2. The fourth-order valence-corrected chi connectivity index (χ4v) is 4.26. The van der Waals surface area contributed by atoms with Crippen molar-refractivity contribution in [2.45, 2.75) is 39.5 Å². The molecule has 0 fully saturated rings. The average Bonchev–Trinajstić information content (AvgIpc) is 2.78. The maximum atomic E-state index is 12.6. The summed E-state index contributed by atoms with van der Waals surface area (Å²) in [7, 11) is 0. The highest BCUT2D eigenvalue weighted by molar-refractivity contribution is 9.13. The SMILES string of the molecule is CC(C)c1cccc(C(C)C)c1NC(=O)c1cc(Br)c(Br)s1. The molecular formula is C17H19Br2NOS. The highest BCUT2D eigenvalue weighted by Crippen LogP contribution is 2.35. The van der Waals surface area contributed by atoms with E-state index >= 15 is 0 Å². The largest absolute Gasteiger partial charge is 0.321 e. The molecule has 1 aromatic carbocycles. The van der Waals surface area contributed by atoms with Crippen molar-refractivity contribution in [3.05, 3.63) is 48.5 Å². The molecule has 0 atom stereocenters. The number of rotatable bonds is 4. The third-order valence-corrected chi connectivity index (χ3v) is 6.74. The van der Waals surface area contributed by atoms with Crippen LogP contribution in [0.2, 0.25) is 0 Å². The molecule has 1 N–H and O–H groups in total. The van der Waals surface area contributed by atoms with Crippen LogP contribution in [0.25, 0.3) is 0 Å². The van der Waals surface area contributed by atoms with Gasteiger partial charge >= 0.3 is 0 Å². The lowest BCUT2D eigenvalue weighted by molar-refractivity contribution is 0.103. The number of hydrogen-bond donors (Lipinski definition) is 1. The van der Waals surface area contributed by atoms with E-state index in [9.17, 15) is 4.79 Å². The molecule has 22 heavy (non-hydrogen) atoms. The smallest absolute Gasteiger partial charge is 0.265 e. The number of halogens is 2. The van der Waals surface area contributed by atoms with E-state index in [2.05, 4.69) is 83.1 Å². The maximum absolute atomic E-state index is 12.6. The Balaban J connectivity index is 2.41. The molecule has 1 aromatic heterocycles. The summed E-state index contributed by atoms with van der Waals surface area (Å²) in [6.45, 7) is 8.58. The Hall–Kier alpha value is -0.650. The number of carbonyl (C=O) groups excluding carboxylic acids is 1. The minimum absolute atomic E-state index is 0.0635. The van der Waals surface area contributed by atoms with Gasteiger partial charge in [0.05, 0.1) is 8.66 Å². The van der Waals surface area contributed by atoms with Gasteiger partial charge in [-0.1, -0.05) is 45.9 Å². The van der Waals surface area contributed by atoms with Gasteiger partial charge in [0.1, 0.15) is 0 Å². The lowest BCUT2D eigenvalue weighted by atomic mass is 9.92. The van der Waals surface area contributed by atoms with Gasteiger partial charge in [-0.2, -0.15) is 0 Å². The Kier molecular flexibility index (Phi) is 5.86. The van der Waals surface area contributed by atoms with Gasteiger partial charge in [0, 0.05) is 10.2 Å². The van der Waals surface area contributed by atoms with Crippen LogP contribution in [0.15, 0.2) is 32.5 Å². The fourth-order valence-electron chi connectivity index (χ4n) is 2.33. The number of benzene rings is 1. The van der Waals surface area contributed by atoms with E-state index in [1.54, 1.807) is 0 Å². The fraction of sp³-hybridized carbons (Fsp3) is 0.353. The molecule has 2 nitrogen and oxygen atoms in total. The van der Waals surface area contributed by atoms with E-state index in [1.165, 1.54) is 22.5 Å². The summed E-state index contributed by atoms with van der Waals surface area (Å²) < 4.78 is 1.84. The van der Waals surface area contributed by atoms with Crippen LogP contribution >= 0.6 is 43.2 Å². The summed E-state index contributed by atoms with van der Waals surface area (Å²) in [5.74, 6) is 0.651. The predicted octanol–water partition coefficient (Wildman–Crippen LogP) is 6.77. The molecular weight excluding hydrogens is 426 g/mol. The number of nitrogens with one attached hydrogen (secondary N) is 1. The lowest BCUT2D eigenvalue weighted by Crippen LogP contribution is -2.14. The van der Waals surface area contributed by atoms with Crippen molar-refractivity contribution in [3.8, 4) is 0 Å². The third kappa shape index (κ3) is 3.81. The van der Waals surface area contributed by atoms with Gasteiger partial charge in [0.15, 0.2) is 0 Å². The predicted molar refractivity (Wildman–Crippen MR) is 102 cm³/mol. The monoisotopic (exact) mass is 443 g/mol. The van der Waals surface area contributed by atoms with E-state index < -0.39 is 0 Å². The summed E-state index contributed by atoms with van der Waals surface area (Å²) in [5, 5.41) is 3.13. The van der Waals surface area contributed by atoms with Crippen molar-refractivity contribution in [2.24, 2.45) is 0 Å². The average molecular weight is 445 g/mol. The van der Waals surface area contributed by atoms with Crippen molar-refractivity contribution < 1.29 is 4.79 Å². The van der Waals surface area contributed by atoms with Crippen molar-refractivity contribution >= 4 is 54.8 Å². The summed E-state index contributed by atoms with van der Waals surface area (Å²) in [5.41, 5.74) is 3.31. The number of anilines is 1. The molecule has 2 aromatic rings. The van der Waals surface area contributed by atoms with Crippen molar-refractivity contribution in [3.63, 3.8) is 0 Å². The molecule has 0 radical (unpaired) electrons. The molecule has 0 bridgehead atoms. The zero-order valence-corrected chi connectivity index (χ0v) is 17.0. The second-order valence-electron chi connectivity index (χ2n) is 5.81. The topological polar surface area (TPSA) is 29.1 Å². The third-order valence-electron chi connectivity index (χ3n) is 3.48. The Morgan fingerprint density at radius 1 is 1.09 bits per heavy atom. The van der Waals surface area contributed by atoms with Crippen LogP contribution in [0, 0.1) is 0 Å². The maximum Gasteiger partial charge on any atom is 0.265 e. The first-order valence-electron chi connectivity index (χ1n) is 7.20. The first kappa shape index (κ1) is 17.7. The van der Waals surface area contributed by atoms with Crippen LogP contribution in [0.4, 0.5) is 5.69 Å². The number of para-hydroxylation sites is 1. The number of carbonyl (C=O) groups is 1. The zero-order chi connectivity index (χ0) is 16.4. The van der Waals surface area contributed by atoms with Gasteiger partial charge in [-0.15, -0.1) is 11.3 Å². The Morgan fingerprint density at radius 3 is 2.05 bits per heavy atom. The molecule has 0 aliphatic rings. The summed E-state index contributed by atoms with van der Waals surface area (Å²) in [4.78, 5) is 13.3. The van der Waals surface area contributed by atoms with Gasteiger partial charge in [0.25, 0.3) is 5.91 Å². The van der Waals surface area contributed by atoms with Crippen molar-refractivity contribution in [1.29, 1.82) is 0 Å². The first-order chi connectivity index (χ1) is 10.3. The van der Waals surface area contributed by atoms with Gasteiger partial charge in [-0.05, 0) is 60.9 Å². The molecule has 0 saturated heterocycles. The number of amides is 1. The summed E-state index contributed by atoms with van der Waals surface area (Å²) in [6.07, 6.45) is 0.